The molecule has 1 saturated carbocycles. The molecular weight excluding hydrogens is 192 g/mol. The van der Waals surface area contributed by atoms with Crippen LogP contribution in [0.3, 0.4) is 0 Å². The molecule has 15 heavy (non-hydrogen) atoms. The number of nitrogens with one attached hydrogen (secondary N) is 1. The number of nitrogens with zero attached hydrogens (tertiary/aromatic N) is 1. The Bertz CT molecular complexity index is 179. The van der Waals surface area contributed by atoms with Crippen molar-refractivity contribution in [3.8, 4) is 0 Å². The SMILES string of the molecule is CNC(C)(CO)CN(CCOC)C1CC1. The quantitative estimate of drug-likeness (QED) is 0.602. The molecule has 0 bridgehead atoms. The Kier molecular flexibility index (Phi) is 4.99. The molecule has 4 nitrogen and oxygen atoms in total. The van der Waals surface area contributed by atoms with E-state index >= 15 is 0 Å². The molecule has 1 unspecified atom stereocenters. The Hall–Kier alpha value is -0.160. The molecule has 1 fully saturated rings. The molecule has 0 amide bonds. The monoisotopic (exact) mass is 216 g/mol. The van der Waals surface area contributed by atoms with Gasteiger partial charge in [0.1, 0.15) is 0 Å². The number of ether oxygens (including phenoxy) is 1. The fourth-order valence-electron chi connectivity index (χ4n) is 1.70. The molecule has 0 spiro atoms. The summed E-state index contributed by atoms with van der Waals surface area (Å²) in [5, 5.41) is 12.5. The molecule has 0 saturated heterocycles. The van der Waals surface area contributed by atoms with E-state index in [1.807, 2.05) is 7.05 Å². The van der Waals surface area contributed by atoms with Gasteiger partial charge in [0.2, 0.25) is 0 Å². The average molecular weight is 216 g/mol. The normalized spacial score (nSPS) is 20.6. The summed E-state index contributed by atoms with van der Waals surface area (Å²) < 4.78 is 5.11. The smallest absolute Gasteiger partial charge is 0.0623 e. The number of hydrogen-bond donors (Lipinski definition) is 2. The van der Waals surface area contributed by atoms with Crippen LogP contribution < -0.4 is 5.32 Å². The van der Waals surface area contributed by atoms with E-state index < -0.39 is 0 Å². The third-order valence-electron chi connectivity index (χ3n) is 3.15. The maximum atomic E-state index is 9.34. The Morgan fingerprint density at radius 1 is 1.53 bits per heavy atom. The van der Waals surface area contributed by atoms with Crippen LogP contribution in [0, 0.1) is 0 Å². The highest BCUT2D eigenvalue weighted by atomic mass is 16.5. The molecule has 0 aromatic heterocycles. The molecule has 90 valence electrons. The zero-order valence-electron chi connectivity index (χ0n) is 10.1. The molecule has 4 heteroatoms. The van der Waals surface area contributed by atoms with Gasteiger partial charge in [0, 0.05) is 26.2 Å². The first kappa shape index (κ1) is 12.9. The van der Waals surface area contributed by atoms with E-state index in [4.69, 9.17) is 4.74 Å². The molecule has 1 rings (SSSR count). The number of aliphatic hydroxyl groups excluding tert-OH is 1. The van der Waals surface area contributed by atoms with Gasteiger partial charge in [-0.2, -0.15) is 0 Å². The number of likely N-dealkylation sites (N-methyl/N-ethyl adjacent to an activating group) is 1. The van der Waals surface area contributed by atoms with E-state index in [1.165, 1.54) is 12.8 Å². The predicted molar refractivity (Wildman–Crippen MR) is 61.0 cm³/mol. The predicted octanol–water partition coefficient (Wildman–Crippen LogP) is 0.0676. The molecule has 1 aliphatic rings. The van der Waals surface area contributed by atoms with Gasteiger partial charge in [-0.15, -0.1) is 0 Å². The summed E-state index contributed by atoms with van der Waals surface area (Å²) in [6.45, 7) is 4.82. The van der Waals surface area contributed by atoms with Gasteiger partial charge in [0.15, 0.2) is 0 Å². The molecule has 0 aromatic rings. The molecule has 0 aliphatic heterocycles. The van der Waals surface area contributed by atoms with Gasteiger partial charge in [-0.05, 0) is 26.8 Å². The molecular formula is C11H24N2O2. The van der Waals surface area contributed by atoms with Crippen molar-refractivity contribution < 1.29 is 9.84 Å². The lowest BCUT2D eigenvalue weighted by Crippen LogP contribution is -2.53. The van der Waals surface area contributed by atoms with Crippen LogP contribution in [0.4, 0.5) is 0 Å². The van der Waals surface area contributed by atoms with Crippen molar-refractivity contribution in [2.24, 2.45) is 0 Å². The standard InChI is InChI=1S/C11H24N2O2/c1-11(9-14,12-2)8-13(6-7-15-3)10-4-5-10/h10,12,14H,4-9H2,1-3H3. The molecule has 0 aromatic carbocycles. The number of hydrogen-bond acceptors (Lipinski definition) is 4. The van der Waals surface area contributed by atoms with Crippen molar-refractivity contribution in [1.82, 2.24) is 10.2 Å². The Morgan fingerprint density at radius 2 is 2.20 bits per heavy atom. The fraction of sp³-hybridized carbons (Fsp3) is 1.00. The lowest BCUT2D eigenvalue weighted by Gasteiger charge is -2.34. The van der Waals surface area contributed by atoms with Crippen molar-refractivity contribution in [3.63, 3.8) is 0 Å². The summed E-state index contributed by atoms with van der Waals surface area (Å²) >= 11 is 0. The first-order valence-electron chi connectivity index (χ1n) is 5.68. The molecule has 0 heterocycles. The van der Waals surface area contributed by atoms with E-state index in [0.29, 0.717) is 6.04 Å². The van der Waals surface area contributed by atoms with Crippen molar-refractivity contribution in [3.05, 3.63) is 0 Å². The summed E-state index contributed by atoms with van der Waals surface area (Å²) in [4.78, 5) is 2.41. The van der Waals surface area contributed by atoms with E-state index in [-0.39, 0.29) is 12.1 Å². The first-order chi connectivity index (χ1) is 7.15. The highest BCUT2D eigenvalue weighted by Gasteiger charge is 2.33. The van der Waals surface area contributed by atoms with Crippen LogP contribution in [0.15, 0.2) is 0 Å². The van der Waals surface area contributed by atoms with Crippen LogP contribution in [-0.2, 0) is 4.74 Å². The summed E-state index contributed by atoms with van der Waals surface area (Å²) in [6, 6.07) is 0.708. The van der Waals surface area contributed by atoms with Gasteiger partial charge in [-0.3, -0.25) is 4.90 Å². The third-order valence-corrected chi connectivity index (χ3v) is 3.15. The molecule has 1 aliphatic carbocycles. The maximum Gasteiger partial charge on any atom is 0.0623 e. The second-order valence-electron chi connectivity index (χ2n) is 4.66. The van der Waals surface area contributed by atoms with Crippen LogP contribution in [0.25, 0.3) is 0 Å². The summed E-state index contributed by atoms with van der Waals surface area (Å²) in [5.74, 6) is 0. The minimum atomic E-state index is -0.198. The largest absolute Gasteiger partial charge is 0.394 e. The first-order valence-corrected chi connectivity index (χ1v) is 5.68. The highest BCUT2D eigenvalue weighted by Crippen LogP contribution is 2.27. The Labute approximate surface area is 92.6 Å². The van der Waals surface area contributed by atoms with Gasteiger partial charge in [0.05, 0.1) is 18.8 Å². The minimum absolute atomic E-state index is 0.166. The van der Waals surface area contributed by atoms with Crippen molar-refractivity contribution >= 4 is 0 Å². The van der Waals surface area contributed by atoms with Gasteiger partial charge < -0.3 is 15.2 Å². The lowest BCUT2D eigenvalue weighted by atomic mass is 10.0. The number of rotatable bonds is 8. The highest BCUT2D eigenvalue weighted by molar-refractivity contribution is 4.91. The second-order valence-corrected chi connectivity index (χ2v) is 4.66. The summed E-state index contributed by atoms with van der Waals surface area (Å²) in [5.41, 5.74) is -0.198. The fourth-order valence-corrected chi connectivity index (χ4v) is 1.70. The summed E-state index contributed by atoms with van der Waals surface area (Å²) in [6.07, 6.45) is 2.57. The van der Waals surface area contributed by atoms with Crippen molar-refractivity contribution in [2.75, 3.05) is 40.5 Å². The second kappa shape index (κ2) is 5.80. The van der Waals surface area contributed by atoms with Crippen molar-refractivity contribution in [1.29, 1.82) is 0 Å². The Morgan fingerprint density at radius 3 is 2.60 bits per heavy atom. The van der Waals surface area contributed by atoms with Gasteiger partial charge in [0.25, 0.3) is 0 Å². The molecule has 0 radical (unpaired) electrons. The van der Waals surface area contributed by atoms with Crippen LogP contribution in [-0.4, -0.2) is 62.0 Å². The van der Waals surface area contributed by atoms with Crippen LogP contribution in [0.2, 0.25) is 0 Å². The summed E-state index contributed by atoms with van der Waals surface area (Å²) in [7, 11) is 3.63. The van der Waals surface area contributed by atoms with E-state index in [0.717, 1.165) is 19.7 Å². The minimum Gasteiger partial charge on any atom is -0.394 e. The molecule has 2 N–H and O–H groups in total. The van der Waals surface area contributed by atoms with E-state index in [2.05, 4.69) is 17.1 Å². The third kappa shape index (κ3) is 4.07. The van der Waals surface area contributed by atoms with E-state index in [1.54, 1.807) is 7.11 Å². The molecule has 1 atom stereocenters. The van der Waals surface area contributed by atoms with Crippen molar-refractivity contribution in [2.45, 2.75) is 31.3 Å². The van der Waals surface area contributed by atoms with Gasteiger partial charge in [-0.1, -0.05) is 0 Å². The zero-order valence-corrected chi connectivity index (χ0v) is 10.1. The van der Waals surface area contributed by atoms with Gasteiger partial charge in [-0.25, -0.2) is 0 Å². The number of methoxy groups -OCH3 is 1. The number of aliphatic hydroxyl groups is 1. The van der Waals surface area contributed by atoms with Gasteiger partial charge >= 0.3 is 0 Å². The Balaban J connectivity index is 2.41. The average Bonchev–Trinajstić information content (AvgIpc) is 3.07. The van der Waals surface area contributed by atoms with E-state index in [9.17, 15) is 5.11 Å². The topological polar surface area (TPSA) is 44.7 Å². The van der Waals surface area contributed by atoms with Crippen LogP contribution in [0.5, 0.6) is 0 Å². The zero-order chi connectivity index (χ0) is 11.3. The van der Waals surface area contributed by atoms with Crippen LogP contribution in [0.1, 0.15) is 19.8 Å². The van der Waals surface area contributed by atoms with Crippen LogP contribution >= 0.6 is 0 Å². The maximum absolute atomic E-state index is 9.34. The lowest BCUT2D eigenvalue weighted by molar-refractivity contribution is 0.0943.